The van der Waals surface area contributed by atoms with Crippen LogP contribution in [0.25, 0.3) is 0 Å². The van der Waals surface area contributed by atoms with E-state index >= 15 is 0 Å². The third-order valence-electron chi connectivity index (χ3n) is 2.57. The van der Waals surface area contributed by atoms with Crippen molar-refractivity contribution in [2.24, 2.45) is 5.92 Å². The number of halogens is 1. The average molecular weight is 212 g/mol. The summed E-state index contributed by atoms with van der Waals surface area (Å²) in [6, 6.07) is 6.53. The SMILES string of the molecule is Oc1cccc(C(F)C2CCSC2)c1. The summed E-state index contributed by atoms with van der Waals surface area (Å²) in [7, 11) is 0. The van der Waals surface area contributed by atoms with Crippen molar-refractivity contribution in [3.8, 4) is 5.75 Å². The van der Waals surface area contributed by atoms with E-state index in [4.69, 9.17) is 0 Å². The lowest BCUT2D eigenvalue weighted by molar-refractivity contribution is 0.250. The van der Waals surface area contributed by atoms with Crippen LogP contribution in [0.1, 0.15) is 18.2 Å². The van der Waals surface area contributed by atoms with Gasteiger partial charge in [-0.1, -0.05) is 12.1 Å². The number of benzene rings is 1. The van der Waals surface area contributed by atoms with Gasteiger partial charge in [0.25, 0.3) is 0 Å². The van der Waals surface area contributed by atoms with Gasteiger partial charge in [0, 0.05) is 5.92 Å². The molecule has 0 aromatic heterocycles. The molecule has 3 heteroatoms. The van der Waals surface area contributed by atoms with Crippen LogP contribution < -0.4 is 0 Å². The first kappa shape index (κ1) is 9.84. The minimum atomic E-state index is -0.919. The van der Waals surface area contributed by atoms with E-state index in [1.165, 1.54) is 6.07 Å². The average Bonchev–Trinajstić information content (AvgIpc) is 2.69. The minimum Gasteiger partial charge on any atom is -0.508 e. The summed E-state index contributed by atoms with van der Waals surface area (Å²) in [4.78, 5) is 0. The molecule has 1 aliphatic heterocycles. The van der Waals surface area contributed by atoms with Gasteiger partial charge >= 0.3 is 0 Å². The van der Waals surface area contributed by atoms with Crippen LogP contribution >= 0.6 is 11.8 Å². The van der Waals surface area contributed by atoms with Crippen molar-refractivity contribution in [1.82, 2.24) is 0 Å². The topological polar surface area (TPSA) is 20.2 Å². The van der Waals surface area contributed by atoms with E-state index in [1.807, 2.05) is 0 Å². The number of hydrogen-bond acceptors (Lipinski definition) is 2. The van der Waals surface area contributed by atoms with E-state index in [2.05, 4.69) is 0 Å². The number of phenolic OH excluding ortho intramolecular Hbond substituents is 1. The Kier molecular flexibility index (Phi) is 2.96. The van der Waals surface area contributed by atoms with Crippen LogP contribution in [0.15, 0.2) is 24.3 Å². The molecule has 0 bridgehead atoms. The Balaban J connectivity index is 2.13. The molecule has 2 atom stereocenters. The fourth-order valence-corrected chi connectivity index (χ4v) is 3.03. The van der Waals surface area contributed by atoms with Crippen molar-refractivity contribution < 1.29 is 9.50 Å². The monoisotopic (exact) mass is 212 g/mol. The first-order chi connectivity index (χ1) is 6.77. The highest BCUT2D eigenvalue weighted by molar-refractivity contribution is 7.99. The molecule has 1 aromatic carbocycles. The normalized spacial score (nSPS) is 23.6. The van der Waals surface area contributed by atoms with Gasteiger partial charge in [-0.2, -0.15) is 11.8 Å². The summed E-state index contributed by atoms with van der Waals surface area (Å²) in [6.07, 6.45) is 0.0266. The van der Waals surface area contributed by atoms with Gasteiger partial charge in [0.2, 0.25) is 0 Å². The van der Waals surface area contributed by atoms with Gasteiger partial charge in [-0.3, -0.25) is 0 Å². The molecule has 1 nitrogen and oxygen atoms in total. The number of aromatic hydroxyl groups is 1. The van der Waals surface area contributed by atoms with Crippen LogP contribution in [0, 0.1) is 5.92 Å². The Morgan fingerprint density at radius 1 is 1.50 bits per heavy atom. The summed E-state index contributed by atoms with van der Waals surface area (Å²) in [5.74, 6) is 2.23. The molecule has 76 valence electrons. The highest BCUT2D eigenvalue weighted by atomic mass is 32.2. The standard InChI is InChI=1S/C11H13FOS/c12-11(9-4-5-14-7-9)8-2-1-3-10(13)6-8/h1-3,6,9,11,13H,4-5,7H2. The highest BCUT2D eigenvalue weighted by Crippen LogP contribution is 2.37. The van der Waals surface area contributed by atoms with Crippen molar-refractivity contribution in [3.63, 3.8) is 0 Å². The Hall–Kier alpha value is -0.700. The molecule has 0 spiro atoms. The molecule has 1 saturated heterocycles. The van der Waals surface area contributed by atoms with E-state index in [0.29, 0.717) is 5.56 Å². The zero-order valence-electron chi connectivity index (χ0n) is 7.82. The van der Waals surface area contributed by atoms with Crippen LogP contribution in [-0.4, -0.2) is 16.6 Å². The molecule has 2 unspecified atom stereocenters. The lowest BCUT2D eigenvalue weighted by Crippen LogP contribution is -2.07. The van der Waals surface area contributed by atoms with Crippen molar-refractivity contribution in [2.45, 2.75) is 12.6 Å². The molecule has 1 aliphatic rings. The molecule has 1 heterocycles. The van der Waals surface area contributed by atoms with E-state index in [9.17, 15) is 9.50 Å². The quantitative estimate of drug-likeness (QED) is 0.812. The number of hydrogen-bond donors (Lipinski definition) is 1. The van der Waals surface area contributed by atoms with Gasteiger partial charge in [-0.05, 0) is 35.6 Å². The van der Waals surface area contributed by atoms with Crippen LogP contribution in [-0.2, 0) is 0 Å². The van der Waals surface area contributed by atoms with E-state index in [0.717, 1.165) is 17.9 Å². The maximum Gasteiger partial charge on any atom is 0.129 e. The second kappa shape index (κ2) is 4.22. The zero-order chi connectivity index (χ0) is 9.97. The highest BCUT2D eigenvalue weighted by Gasteiger charge is 2.26. The second-order valence-electron chi connectivity index (χ2n) is 3.62. The first-order valence-corrected chi connectivity index (χ1v) is 5.93. The molecule has 1 N–H and O–H groups in total. The number of rotatable bonds is 2. The largest absolute Gasteiger partial charge is 0.508 e. The fourth-order valence-electron chi connectivity index (χ4n) is 1.75. The van der Waals surface area contributed by atoms with Crippen LogP contribution in [0.2, 0.25) is 0 Å². The van der Waals surface area contributed by atoms with Crippen molar-refractivity contribution in [3.05, 3.63) is 29.8 Å². The van der Waals surface area contributed by atoms with E-state index in [-0.39, 0.29) is 11.7 Å². The van der Waals surface area contributed by atoms with Gasteiger partial charge in [-0.25, -0.2) is 4.39 Å². The Labute approximate surface area is 87.3 Å². The Morgan fingerprint density at radius 3 is 3.00 bits per heavy atom. The Morgan fingerprint density at radius 2 is 2.36 bits per heavy atom. The molecule has 0 saturated carbocycles. The number of alkyl halides is 1. The number of thioether (sulfide) groups is 1. The molecule has 0 radical (unpaired) electrons. The summed E-state index contributed by atoms with van der Waals surface area (Å²) in [6.45, 7) is 0. The molecule has 2 rings (SSSR count). The van der Waals surface area contributed by atoms with Gasteiger partial charge in [0.1, 0.15) is 11.9 Å². The molecule has 14 heavy (non-hydrogen) atoms. The van der Waals surface area contributed by atoms with Crippen molar-refractivity contribution in [2.75, 3.05) is 11.5 Å². The first-order valence-electron chi connectivity index (χ1n) is 4.78. The molecule has 0 amide bonds. The number of phenols is 1. The van der Waals surface area contributed by atoms with Crippen LogP contribution in [0.4, 0.5) is 4.39 Å². The molecular formula is C11H13FOS. The molecule has 0 aliphatic carbocycles. The summed E-state index contributed by atoms with van der Waals surface area (Å²) in [5, 5.41) is 9.23. The second-order valence-corrected chi connectivity index (χ2v) is 4.77. The van der Waals surface area contributed by atoms with Gasteiger partial charge < -0.3 is 5.11 Å². The van der Waals surface area contributed by atoms with Crippen molar-refractivity contribution >= 4 is 11.8 Å². The smallest absolute Gasteiger partial charge is 0.129 e. The molecule has 1 fully saturated rings. The third kappa shape index (κ3) is 2.03. The van der Waals surface area contributed by atoms with Gasteiger partial charge in [-0.15, -0.1) is 0 Å². The lowest BCUT2D eigenvalue weighted by atomic mass is 9.96. The van der Waals surface area contributed by atoms with Gasteiger partial charge in [0.15, 0.2) is 0 Å². The molecule has 1 aromatic rings. The Bertz CT molecular complexity index is 310. The minimum absolute atomic E-state index is 0.127. The van der Waals surface area contributed by atoms with Crippen LogP contribution in [0.5, 0.6) is 5.75 Å². The maximum atomic E-state index is 13.9. The van der Waals surface area contributed by atoms with E-state index < -0.39 is 6.17 Å². The third-order valence-corrected chi connectivity index (χ3v) is 3.76. The molecular weight excluding hydrogens is 199 g/mol. The summed E-state index contributed by atoms with van der Waals surface area (Å²) >= 11 is 1.81. The van der Waals surface area contributed by atoms with E-state index in [1.54, 1.807) is 30.0 Å². The predicted octanol–water partition coefficient (Wildman–Crippen LogP) is 3.16. The van der Waals surface area contributed by atoms with Crippen molar-refractivity contribution in [1.29, 1.82) is 0 Å². The fraction of sp³-hybridized carbons (Fsp3) is 0.455. The maximum absolute atomic E-state index is 13.9. The lowest BCUT2D eigenvalue weighted by Gasteiger charge is -2.14. The van der Waals surface area contributed by atoms with Gasteiger partial charge in [0.05, 0.1) is 0 Å². The summed E-state index contributed by atoms with van der Waals surface area (Å²) < 4.78 is 13.9. The van der Waals surface area contributed by atoms with Crippen LogP contribution in [0.3, 0.4) is 0 Å². The predicted molar refractivity (Wildman–Crippen MR) is 57.4 cm³/mol. The summed E-state index contributed by atoms with van der Waals surface area (Å²) in [5.41, 5.74) is 0.609. The zero-order valence-corrected chi connectivity index (χ0v) is 8.64.